The third-order valence-electron chi connectivity index (χ3n) is 4.96. The van der Waals surface area contributed by atoms with Crippen molar-refractivity contribution < 1.29 is 4.74 Å². The number of hydrogen-bond donors (Lipinski definition) is 1. The van der Waals surface area contributed by atoms with Crippen LogP contribution in [-0.4, -0.2) is 100 Å². The molecular weight excluding hydrogens is 429 g/mol. The van der Waals surface area contributed by atoms with Gasteiger partial charge in [0.2, 0.25) is 0 Å². The lowest BCUT2D eigenvalue weighted by Gasteiger charge is -2.25. The lowest BCUT2D eigenvalue weighted by Crippen LogP contribution is -2.41. The Hall–Kier alpha value is -0.120. The van der Waals surface area contributed by atoms with E-state index in [9.17, 15) is 0 Å². The monoisotopic (exact) mass is 467 g/mol. The third-order valence-corrected chi connectivity index (χ3v) is 4.96. The van der Waals surface area contributed by atoms with E-state index in [-0.39, 0.29) is 24.0 Å². The predicted octanol–water partition coefficient (Wildman–Crippen LogP) is 1.57. The quantitative estimate of drug-likeness (QED) is 0.267. The number of rotatable bonds is 7. The fraction of sp³-hybridized carbons (Fsp3) is 0.944. The second-order valence-electron chi connectivity index (χ2n) is 7.20. The summed E-state index contributed by atoms with van der Waals surface area (Å²) in [5.41, 5.74) is 0. The summed E-state index contributed by atoms with van der Waals surface area (Å²) in [6, 6.07) is 0. The number of nitrogens with zero attached hydrogens (tertiary/aromatic N) is 4. The maximum absolute atomic E-state index is 5.49. The van der Waals surface area contributed by atoms with Crippen LogP contribution in [0.3, 0.4) is 0 Å². The van der Waals surface area contributed by atoms with Crippen LogP contribution < -0.4 is 5.32 Å². The van der Waals surface area contributed by atoms with Crippen LogP contribution in [-0.2, 0) is 4.74 Å². The lowest BCUT2D eigenvalue weighted by molar-refractivity contribution is 0.181. The Labute approximate surface area is 171 Å². The molecule has 2 aliphatic rings. The van der Waals surface area contributed by atoms with Gasteiger partial charge in [-0.2, -0.15) is 0 Å². The summed E-state index contributed by atoms with van der Waals surface area (Å²) >= 11 is 0. The summed E-state index contributed by atoms with van der Waals surface area (Å²) < 4.78 is 5.49. The summed E-state index contributed by atoms with van der Waals surface area (Å²) in [6.45, 7) is 12.8. The molecule has 2 rings (SSSR count). The van der Waals surface area contributed by atoms with E-state index in [0.29, 0.717) is 5.92 Å². The highest BCUT2D eigenvalue weighted by atomic mass is 127. The van der Waals surface area contributed by atoms with Gasteiger partial charge in [-0.3, -0.25) is 4.99 Å². The standard InChI is InChI=1S/C18H37N5O.HI/c1-4-19-18(22(3)15-17-7-14-24-16-17)20-8-5-10-23-11-6-9-21(2)12-13-23;/h17H,4-16H2,1-3H3,(H,19,20);1H. The molecule has 148 valence electrons. The van der Waals surface area contributed by atoms with E-state index < -0.39 is 0 Å². The SMILES string of the molecule is CCNC(=NCCCN1CCCN(C)CC1)N(C)CC1CCOC1.I. The van der Waals surface area contributed by atoms with Crippen molar-refractivity contribution in [1.82, 2.24) is 20.0 Å². The molecule has 0 aliphatic carbocycles. The maximum atomic E-state index is 5.49. The van der Waals surface area contributed by atoms with E-state index in [2.05, 4.69) is 41.0 Å². The topological polar surface area (TPSA) is 43.3 Å². The van der Waals surface area contributed by atoms with Crippen LogP contribution in [0.4, 0.5) is 0 Å². The van der Waals surface area contributed by atoms with Crippen LogP contribution in [0, 0.1) is 5.92 Å². The molecule has 0 aromatic rings. The van der Waals surface area contributed by atoms with Gasteiger partial charge in [-0.1, -0.05) is 0 Å². The molecule has 0 aromatic carbocycles. The molecule has 2 fully saturated rings. The number of ether oxygens (including phenoxy) is 1. The number of hydrogen-bond acceptors (Lipinski definition) is 4. The average molecular weight is 467 g/mol. The Morgan fingerprint density at radius 2 is 2.12 bits per heavy atom. The minimum atomic E-state index is 0. The van der Waals surface area contributed by atoms with E-state index in [4.69, 9.17) is 9.73 Å². The molecule has 0 amide bonds. The van der Waals surface area contributed by atoms with Gasteiger partial charge in [0.05, 0.1) is 6.61 Å². The van der Waals surface area contributed by atoms with E-state index in [1.165, 1.54) is 39.0 Å². The molecule has 0 radical (unpaired) electrons. The van der Waals surface area contributed by atoms with Gasteiger partial charge < -0.3 is 24.8 Å². The molecule has 0 spiro atoms. The zero-order valence-corrected chi connectivity index (χ0v) is 18.7. The zero-order valence-electron chi connectivity index (χ0n) is 16.4. The van der Waals surface area contributed by atoms with Crippen molar-refractivity contribution in [3.63, 3.8) is 0 Å². The van der Waals surface area contributed by atoms with Gasteiger partial charge in [0.25, 0.3) is 0 Å². The second kappa shape index (κ2) is 13.1. The van der Waals surface area contributed by atoms with Gasteiger partial charge >= 0.3 is 0 Å². The third kappa shape index (κ3) is 8.88. The minimum absolute atomic E-state index is 0. The highest BCUT2D eigenvalue weighted by Crippen LogP contribution is 2.13. The number of likely N-dealkylation sites (N-methyl/N-ethyl adjacent to an activating group) is 1. The molecule has 0 aromatic heterocycles. The first-order chi connectivity index (χ1) is 11.7. The Balaban J connectivity index is 0.00000312. The smallest absolute Gasteiger partial charge is 0.193 e. The van der Waals surface area contributed by atoms with Crippen molar-refractivity contribution in [2.24, 2.45) is 10.9 Å². The van der Waals surface area contributed by atoms with Crippen molar-refractivity contribution in [2.45, 2.75) is 26.2 Å². The number of halogens is 1. The van der Waals surface area contributed by atoms with Crippen LogP contribution >= 0.6 is 24.0 Å². The van der Waals surface area contributed by atoms with Gasteiger partial charge in [0.1, 0.15) is 0 Å². The van der Waals surface area contributed by atoms with Gasteiger partial charge in [-0.25, -0.2) is 0 Å². The first-order valence-corrected chi connectivity index (χ1v) is 9.67. The van der Waals surface area contributed by atoms with Crippen molar-refractivity contribution in [2.75, 3.05) is 79.7 Å². The molecule has 0 bridgehead atoms. The van der Waals surface area contributed by atoms with E-state index >= 15 is 0 Å². The summed E-state index contributed by atoms with van der Waals surface area (Å²) in [7, 11) is 4.37. The van der Waals surface area contributed by atoms with Gasteiger partial charge in [0.15, 0.2) is 5.96 Å². The molecule has 25 heavy (non-hydrogen) atoms. The highest BCUT2D eigenvalue weighted by Gasteiger charge is 2.19. The Kier molecular flexibility index (Phi) is 12.0. The summed E-state index contributed by atoms with van der Waals surface area (Å²) in [5, 5.41) is 3.43. The Morgan fingerprint density at radius 3 is 2.84 bits per heavy atom. The van der Waals surface area contributed by atoms with Gasteiger partial charge in [-0.05, 0) is 52.9 Å². The molecule has 0 saturated carbocycles. The summed E-state index contributed by atoms with van der Waals surface area (Å²) in [5.74, 6) is 1.69. The fourth-order valence-electron chi connectivity index (χ4n) is 3.47. The largest absolute Gasteiger partial charge is 0.381 e. The van der Waals surface area contributed by atoms with Crippen LogP contribution in [0.5, 0.6) is 0 Å². The molecule has 1 N–H and O–H groups in total. The molecule has 1 unspecified atom stereocenters. The predicted molar refractivity (Wildman–Crippen MR) is 116 cm³/mol. The minimum Gasteiger partial charge on any atom is -0.381 e. The van der Waals surface area contributed by atoms with E-state index in [0.717, 1.165) is 51.8 Å². The first kappa shape index (κ1) is 22.9. The van der Waals surface area contributed by atoms with Crippen molar-refractivity contribution in [3.8, 4) is 0 Å². The summed E-state index contributed by atoms with van der Waals surface area (Å²) in [6.07, 6.45) is 3.60. The van der Waals surface area contributed by atoms with E-state index in [1.807, 2.05) is 0 Å². The summed E-state index contributed by atoms with van der Waals surface area (Å²) in [4.78, 5) is 12.1. The highest BCUT2D eigenvalue weighted by molar-refractivity contribution is 14.0. The van der Waals surface area contributed by atoms with Crippen molar-refractivity contribution >= 4 is 29.9 Å². The zero-order chi connectivity index (χ0) is 17.2. The molecule has 6 nitrogen and oxygen atoms in total. The Morgan fingerprint density at radius 1 is 1.28 bits per heavy atom. The van der Waals surface area contributed by atoms with Crippen molar-refractivity contribution in [1.29, 1.82) is 0 Å². The number of guanidine groups is 1. The Bertz CT molecular complexity index is 376. The molecule has 7 heteroatoms. The number of aliphatic imine (C=N–C) groups is 1. The molecule has 2 saturated heterocycles. The lowest BCUT2D eigenvalue weighted by atomic mass is 10.1. The average Bonchev–Trinajstić information content (AvgIpc) is 2.98. The maximum Gasteiger partial charge on any atom is 0.193 e. The van der Waals surface area contributed by atoms with Gasteiger partial charge in [0, 0.05) is 52.3 Å². The molecule has 2 aliphatic heterocycles. The van der Waals surface area contributed by atoms with Crippen LogP contribution in [0.1, 0.15) is 26.2 Å². The molecular formula is C18H38IN5O. The molecule has 2 heterocycles. The van der Waals surface area contributed by atoms with Gasteiger partial charge in [-0.15, -0.1) is 24.0 Å². The van der Waals surface area contributed by atoms with Crippen molar-refractivity contribution in [3.05, 3.63) is 0 Å². The first-order valence-electron chi connectivity index (χ1n) is 9.67. The van der Waals surface area contributed by atoms with Crippen LogP contribution in [0.2, 0.25) is 0 Å². The fourth-order valence-corrected chi connectivity index (χ4v) is 3.47. The van der Waals surface area contributed by atoms with E-state index in [1.54, 1.807) is 0 Å². The normalized spacial score (nSPS) is 23.2. The van der Waals surface area contributed by atoms with Crippen LogP contribution in [0.25, 0.3) is 0 Å². The number of nitrogens with one attached hydrogen (secondary N) is 1. The van der Waals surface area contributed by atoms with Crippen LogP contribution in [0.15, 0.2) is 4.99 Å². The molecule has 1 atom stereocenters. The second-order valence-corrected chi connectivity index (χ2v) is 7.20.